The minimum Gasteiger partial charge on any atom is -0.477 e. The molecule has 19 heavy (non-hydrogen) atoms. The van der Waals surface area contributed by atoms with Gasteiger partial charge in [-0.1, -0.05) is 26.0 Å². The molecule has 0 spiro atoms. The van der Waals surface area contributed by atoms with Gasteiger partial charge in [0.25, 0.3) is 5.91 Å². The third kappa shape index (κ3) is 3.19. The second-order valence-corrected chi connectivity index (χ2v) is 5.25. The van der Waals surface area contributed by atoms with E-state index in [1.54, 1.807) is 0 Å². The van der Waals surface area contributed by atoms with Crippen molar-refractivity contribution in [2.45, 2.75) is 26.9 Å². The lowest BCUT2D eigenvalue weighted by Gasteiger charge is -2.31. The molecule has 1 atom stereocenters. The Morgan fingerprint density at radius 1 is 1.47 bits per heavy atom. The molecule has 0 fully saturated rings. The molecular formula is C15H22N2O2. The number of carbonyl (C=O) groups excluding carboxylic acids is 1. The first-order valence-electron chi connectivity index (χ1n) is 6.90. The van der Waals surface area contributed by atoms with Gasteiger partial charge in [0, 0.05) is 13.1 Å². The number of hydrogen-bond acceptors (Lipinski definition) is 3. The van der Waals surface area contributed by atoms with Crippen LogP contribution in [0.2, 0.25) is 0 Å². The topological polar surface area (TPSA) is 41.6 Å². The van der Waals surface area contributed by atoms with Gasteiger partial charge in [-0.05, 0) is 25.0 Å². The van der Waals surface area contributed by atoms with Gasteiger partial charge in [0.05, 0.1) is 12.2 Å². The minimum atomic E-state index is -0.423. The molecule has 0 aliphatic carbocycles. The molecule has 4 heteroatoms. The van der Waals surface area contributed by atoms with E-state index < -0.39 is 6.10 Å². The first-order chi connectivity index (χ1) is 9.11. The Morgan fingerprint density at radius 2 is 2.21 bits per heavy atom. The molecule has 1 amide bonds. The van der Waals surface area contributed by atoms with Crippen molar-refractivity contribution in [2.75, 3.05) is 25.0 Å². The molecule has 1 N–H and O–H groups in total. The van der Waals surface area contributed by atoms with Crippen molar-refractivity contribution in [1.82, 2.24) is 4.90 Å². The zero-order valence-corrected chi connectivity index (χ0v) is 11.8. The molecule has 4 nitrogen and oxygen atoms in total. The van der Waals surface area contributed by atoms with Crippen LogP contribution in [0.4, 0.5) is 5.69 Å². The zero-order valence-electron chi connectivity index (χ0n) is 11.8. The Kier molecular flexibility index (Phi) is 4.30. The molecule has 1 unspecified atom stereocenters. The largest absolute Gasteiger partial charge is 0.477 e. The maximum atomic E-state index is 12.4. The van der Waals surface area contributed by atoms with Gasteiger partial charge in [0.15, 0.2) is 6.10 Å². The minimum absolute atomic E-state index is 0.0678. The zero-order chi connectivity index (χ0) is 13.8. The fourth-order valence-corrected chi connectivity index (χ4v) is 2.27. The molecule has 0 bridgehead atoms. The molecule has 0 saturated carbocycles. The smallest absolute Gasteiger partial charge is 0.265 e. The molecule has 0 radical (unpaired) electrons. The summed E-state index contributed by atoms with van der Waals surface area (Å²) in [5.41, 5.74) is 0.957. The number of benzene rings is 1. The molecular weight excluding hydrogens is 240 g/mol. The fraction of sp³-hybridized carbons (Fsp3) is 0.533. The molecule has 104 valence electrons. The standard InChI is InChI=1S/C15H22N2O2/c1-4-17(10-11(2)3)15(18)14-9-16-12-7-5-6-8-13(12)19-14/h5-8,11,14,16H,4,9-10H2,1-3H3. The highest BCUT2D eigenvalue weighted by Crippen LogP contribution is 2.28. The summed E-state index contributed by atoms with van der Waals surface area (Å²) in [4.78, 5) is 14.3. The number of para-hydroxylation sites is 2. The van der Waals surface area contributed by atoms with E-state index in [0.717, 1.165) is 24.5 Å². The first-order valence-corrected chi connectivity index (χ1v) is 6.90. The first kappa shape index (κ1) is 13.7. The number of carbonyl (C=O) groups is 1. The van der Waals surface area contributed by atoms with Crippen LogP contribution in [0, 0.1) is 5.92 Å². The number of likely N-dealkylation sites (N-methyl/N-ethyl adjacent to an activating group) is 1. The number of ether oxygens (including phenoxy) is 1. The summed E-state index contributed by atoms with van der Waals surface area (Å²) >= 11 is 0. The normalized spacial score (nSPS) is 17.4. The van der Waals surface area contributed by atoms with Gasteiger partial charge < -0.3 is 15.0 Å². The maximum Gasteiger partial charge on any atom is 0.265 e. The lowest BCUT2D eigenvalue weighted by atomic mass is 10.1. The van der Waals surface area contributed by atoms with Crippen molar-refractivity contribution >= 4 is 11.6 Å². The van der Waals surface area contributed by atoms with Crippen molar-refractivity contribution in [3.63, 3.8) is 0 Å². The molecule has 2 rings (SSSR count). The Hall–Kier alpha value is -1.71. The van der Waals surface area contributed by atoms with Crippen LogP contribution in [-0.2, 0) is 4.79 Å². The predicted molar refractivity (Wildman–Crippen MR) is 76.4 cm³/mol. The summed E-state index contributed by atoms with van der Waals surface area (Å²) in [6, 6.07) is 7.72. The van der Waals surface area contributed by atoms with E-state index >= 15 is 0 Å². The van der Waals surface area contributed by atoms with Crippen LogP contribution < -0.4 is 10.1 Å². The Bertz CT molecular complexity index is 446. The number of anilines is 1. The van der Waals surface area contributed by atoms with Crippen LogP contribution in [-0.4, -0.2) is 36.5 Å². The van der Waals surface area contributed by atoms with Crippen molar-refractivity contribution in [3.05, 3.63) is 24.3 Å². The highest BCUT2D eigenvalue weighted by Gasteiger charge is 2.29. The van der Waals surface area contributed by atoms with E-state index in [-0.39, 0.29) is 5.91 Å². The van der Waals surface area contributed by atoms with E-state index in [1.165, 1.54) is 0 Å². The van der Waals surface area contributed by atoms with E-state index in [0.29, 0.717) is 12.5 Å². The molecule has 1 heterocycles. The summed E-state index contributed by atoms with van der Waals surface area (Å²) in [7, 11) is 0. The molecule has 1 aliphatic heterocycles. The second-order valence-electron chi connectivity index (χ2n) is 5.25. The summed E-state index contributed by atoms with van der Waals surface area (Å²) in [5.74, 6) is 1.29. The maximum absolute atomic E-state index is 12.4. The van der Waals surface area contributed by atoms with E-state index in [4.69, 9.17) is 4.74 Å². The quantitative estimate of drug-likeness (QED) is 0.905. The summed E-state index contributed by atoms with van der Waals surface area (Å²) in [6.07, 6.45) is -0.423. The number of fused-ring (bicyclic) bond motifs is 1. The Labute approximate surface area is 114 Å². The number of nitrogens with one attached hydrogen (secondary N) is 1. The van der Waals surface area contributed by atoms with Crippen molar-refractivity contribution in [1.29, 1.82) is 0 Å². The van der Waals surface area contributed by atoms with E-state index in [9.17, 15) is 4.79 Å². The highest BCUT2D eigenvalue weighted by atomic mass is 16.5. The van der Waals surface area contributed by atoms with Crippen LogP contribution in [0.25, 0.3) is 0 Å². The van der Waals surface area contributed by atoms with Gasteiger partial charge in [-0.2, -0.15) is 0 Å². The molecule has 0 saturated heterocycles. The third-order valence-corrected chi connectivity index (χ3v) is 3.19. The Morgan fingerprint density at radius 3 is 2.89 bits per heavy atom. The van der Waals surface area contributed by atoms with Gasteiger partial charge in [-0.25, -0.2) is 0 Å². The van der Waals surface area contributed by atoms with Crippen molar-refractivity contribution in [3.8, 4) is 5.75 Å². The summed E-state index contributed by atoms with van der Waals surface area (Å²) in [6.45, 7) is 8.26. The molecule has 1 aromatic carbocycles. The van der Waals surface area contributed by atoms with Gasteiger partial charge >= 0.3 is 0 Å². The number of amides is 1. The van der Waals surface area contributed by atoms with Crippen LogP contribution in [0.15, 0.2) is 24.3 Å². The summed E-state index contributed by atoms with van der Waals surface area (Å²) < 4.78 is 5.80. The number of rotatable bonds is 4. The van der Waals surface area contributed by atoms with E-state index in [1.807, 2.05) is 36.1 Å². The van der Waals surface area contributed by atoms with Crippen molar-refractivity contribution < 1.29 is 9.53 Å². The van der Waals surface area contributed by atoms with Gasteiger partial charge in [0.2, 0.25) is 0 Å². The molecule has 1 aliphatic rings. The SMILES string of the molecule is CCN(CC(C)C)C(=O)C1CNc2ccccc2O1. The fourth-order valence-electron chi connectivity index (χ4n) is 2.27. The lowest BCUT2D eigenvalue weighted by Crippen LogP contribution is -2.47. The van der Waals surface area contributed by atoms with E-state index in [2.05, 4.69) is 19.2 Å². The monoisotopic (exact) mass is 262 g/mol. The summed E-state index contributed by atoms with van der Waals surface area (Å²) in [5, 5.41) is 3.25. The van der Waals surface area contributed by atoms with Crippen LogP contribution in [0.5, 0.6) is 5.75 Å². The number of hydrogen-bond donors (Lipinski definition) is 1. The van der Waals surface area contributed by atoms with Gasteiger partial charge in [0.1, 0.15) is 5.75 Å². The lowest BCUT2D eigenvalue weighted by molar-refractivity contribution is -0.138. The third-order valence-electron chi connectivity index (χ3n) is 3.19. The number of nitrogens with zero attached hydrogens (tertiary/aromatic N) is 1. The van der Waals surface area contributed by atoms with Gasteiger partial charge in [-0.15, -0.1) is 0 Å². The Balaban J connectivity index is 2.05. The second kappa shape index (κ2) is 5.95. The predicted octanol–water partition coefficient (Wildman–Crippen LogP) is 2.36. The van der Waals surface area contributed by atoms with Crippen LogP contribution in [0.3, 0.4) is 0 Å². The van der Waals surface area contributed by atoms with Crippen molar-refractivity contribution in [2.24, 2.45) is 5.92 Å². The molecule has 1 aromatic rings. The average Bonchev–Trinajstić information content (AvgIpc) is 2.43. The highest BCUT2D eigenvalue weighted by molar-refractivity contribution is 5.83. The average molecular weight is 262 g/mol. The molecule has 0 aromatic heterocycles. The van der Waals surface area contributed by atoms with Crippen LogP contribution in [0.1, 0.15) is 20.8 Å². The van der Waals surface area contributed by atoms with Crippen LogP contribution >= 0.6 is 0 Å². The van der Waals surface area contributed by atoms with Gasteiger partial charge in [-0.3, -0.25) is 4.79 Å².